The van der Waals surface area contributed by atoms with Crippen LogP contribution in [0.3, 0.4) is 0 Å². The van der Waals surface area contributed by atoms with Gasteiger partial charge in [-0.15, -0.1) is 11.3 Å². The summed E-state index contributed by atoms with van der Waals surface area (Å²) in [6, 6.07) is 12.8. The summed E-state index contributed by atoms with van der Waals surface area (Å²) in [5.41, 5.74) is 2.48. The molecule has 3 heterocycles. The lowest BCUT2D eigenvalue weighted by Crippen LogP contribution is -2.30. The van der Waals surface area contributed by atoms with Crippen molar-refractivity contribution >= 4 is 27.9 Å². The number of rotatable bonds is 5. The number of aromatic nitrogens is 2. The molecule has 0 saturated heterocycles. The standard InChI is InChI=1S/C21H17N3O4S/c1-13(28-16-5-6-18-19(10-16)27-12-26-18)20(25)22-15-4-2-3-14(9-15)17-11-24-7-8-29-21(24)23-17/h2-11,13H,12H2,1H3,(H,22,25). The fraction of sp³-hybridized carbons (Fsp3) is 0.143. The highest BCUT2D eigenvalue weighted by atomic mass is 32.1. The third-order valence-electron chi connectivity index (χ3n) is 4.55. The Morgan fingerprint density at radius 1 is 1.24 bits per heavy atom. The fourth-order valence-electron chi connectivity index (χ4n) is 3.07. The molecule has 1 N–H and O–H groups in total. The second-order valence-corrected chi connectivity index (χ2v) is 7.44. The van der Waals surface area contributed by atoms with Gasteiger partial charge in [0, 0.05) is 35.1 Å². The van der Waals surface area contributed by atoms with Crippen LogP contribution in [0, 0.1) is 0 Å². The van der Waals surface area contributed by atoms with E-state index in [1.165, 1.54) is 0 Å². The van der Waals surface area contributed by atoms with Crippen molar-refractivity contribution in [1.82, 2.24) is 9.38 Å². The largest absolute Gasteiger partial charge is 0.481 e. The summed E-state index contributed by atoms with van der Waals surface area (Å²) in [6.07, 6.45) is 3.26. The van der Waals surface area contributed by atoms with Crippen LogP contribution in [0.1, 0.15) is 6.92 Å². The molecule has 0 spiro atoms. The quantitative estimate of drug-likeness (QED) is 0.537. The lowest BCUT2D eigenvalue weighted by Gasteiger charge is -2.15. The van der Waals surface area contributed by atoms with Crippen molar-refractivity contribution in [3.8, 4) is 28.5 Å². The van der Waals surface area contributed by atoms with Gasteiger partial charge in [0.15, 0.2) is 22.6 Å². The number of carbonyl (C=O) groups excluding carboxylic acids is 1. The third-order valence-corrected chi connectivity index (χ3v) is 5.32. The number of thiazole rings is 1. The Hall–Kier alpha value is -3.52. The Morgan fingerprint density at radius 3 is 3.03 bits per heavy atom. The summed E-state index contributed by atoms with van der Waals surface area (Å²) in [6.45, 7) is 1.90. The molecule has 2 aromatic carbocycles. The van der Waals surface area contributed by atoms with Crippen molar-refractivity contribution in [2.45, 2.75) is 13.0 Å². The Bertz CT molecular complexity index is 1170. The number of anilines is 1. The zero-order valence-corrected chi connectivity index (χ0v) is 16.3. The maximum Gasteiger partial charge on any atom is 0.265 e. The van der Waals surface area contributed by atoms with Gasteiger partial charge in [0.1, 0.15) is 5.75 Å². The van der Waals surface area contributed by atoms with E-state index in [0.29, 0.717) is 22.9 Å². The van der Waals surface area contributed by atoms with Crippen LogP contribution in [-0.4, -0.2) is 28.2 Å². The van der Waals surface area contributed by atoms with Crippen molar-refractivity contribution in [2.75, 3.05) is 12.1 Å². The summed E-state index contributed by atoms with van der Waals surface area (Å²) in [5, 5.41) is 4.89. The molecule has 29 heavy (non-hydrogen) atoms. The van der Waals surface area contributed by atoms with Gasteiger partial charge in [0.25, 0.3) is 5.91 Å². The summed E-state index contributed by atoms with van der Waals surface area (Å²) < 4.78 is 18.4. The molecular weight excluding hydrogens is 390 g/mol. The first-order chi connectivity index (χ1) is 14.2. The van der Waals surface area contributed by atoms with E-state index in [4.69, 9.17) is 14.2 Å². The molecule has 8 heteroatoms. The molecule has 2 aromatic heterocycles. The highest BCUT2D eigenvalue weighted by Crippen LogP contribution is 2.35. The van der Waals surface area contributed by atoms with E-state index in [1.807, 2.05) is 46.4 Å². The van der Waals surface area contributed by atoms with Gasteiger partial charge in [0.05, 0.1) is 5.69 Å². The molecule has 146 valence electrons. The number of fused-ring (bicyclic) bond motifs is 2. The second kappa shape index (κ2) is 7.14. The van der Waals surface area contributed by atoms with Crippen molar-refractivity contribution in [1.29, 1.82) is 0 Å². The lowest BCUT2D eigenvalue weighted by molar-refractivity contribution is -0.122. The number of hydrogen-bond acceptors (Lipinski definition) is 6. The topological polar surface area (TPSA) is 74.1 Å². The Balaban J connectivity index is 1.28. The number of nitrogens with one attached hydrogen (secondary N) is 1. The van der Waals surface area contributed by atoms with Crippen LogP contribution in [-0.2, 0) is 4.79 Å². The maximum atomic E-state index is 12.6. The molecule has 1 aliphatic heterocycles. The maximum absolute atomic E-state index is 12.6. The van der Waals surface area contributed by atoms with Crippen molar-refractivity contribution in [2.24, 2.45) is 0 Å². The first kappa shape index (κ1) is 17.6. The molecule has 1 atom stereocenters. The smallest absolute Gasteiger partial charge is 0.265 e. The Kier molecular flexibility index (Phi) is 4.33. The molecule has 5 rings (SSSR count). The van der Waals surface area contributed by atoms with Gasteiger partial charge in [-0.1, -0.05) is 12.1 Å². The van der Waals surface area contributed by atoms with Gasteiger partial charge in [-0.25, -0.2) is 4.98 Å². The van der Waals surface area contributed by atoms with Gasteiger partial charge >= 0.3 is 0 Å². The van der Waals surface area contributed by atoms with Crippen molar-refractivity contribution < 1.29 is 19.0 Å². The zero-order valence-electron chi connectivity index (χ0n) is 15.5. The van der Waals surface area contributed by atoms with Gasteiger partial charge in [-0.2, -0.15) is 0 Å². The molecule has 0 radical (unpaired) electrons. The normalized spacial score (nSPS) is 13.4. The number of ether oxygens (including phenoxy) is 3. The molecular formula is C21H17N3O4S. The highest BCUT2D eigenvalue weighted by Gasteiger charge is 2.18. The molecule has 0 fully saturated rings. The van der Waals surface area contributed by atoms with Gasteiger partial charge in [-0.3, -0.25) is 9.20 Å². The molecule has 0 aliphatic carbocycles. The summed E-state index contributed by atoms with van der Waals surface area (Å²) in [5.74, 6) is 1.59. The number of imidazole rings is 1. The molecule has 1 amide bonds. The summed E-state index contributed by atoms with van der Waals surface area (Å²) >= 11 is 1.58. The van der Waals surface area contributed by atoms with E-state index in [1.54, 1.807) is 36.5 Å². The number of nitrogens with zero attached hydrogens (tertiary/aromatic N) is 2. The first-order valence-electron chi connectivity index (χ1n) is 9.05. The van der Waals surface area contributed by atoms with Gasteiger partial charge in [0.2, 0.25) is 6.79 Å². The van der Waals surface area contributed by atoms with Crippen molar-refractivity contribution in [3.05, 3.63) is 60.2 Å². The number of amides is 1. The molecule has 0 bridgehead atoms. The minimum atomic E-state index is -0.683. The minimum absolute atomic E-state index is 0.194. The van der Waals surface area contributed by atoms with E-state index < -0.39 is 6.10 Å². The monoisotopic (exact) mass is 407 g/mol. The minimum Gasteiger partial charge on any atom is -0.481 e. The molecule has 1 unspecified atom stereocenters. The average molecular weight is 407 g/mol. The number of hydrogen-bond donors (Lipinski definition) is 1. The van der Waals surface area contributed by atoms with E-state index in [-0.39, 0.29) is 12.7 Å². The van der Waals surface area contributed by atoms with E-state index >= 15 is 0 Å². The Morgan fingerprint density at radius 2 is 2.14 bits per heavy atom. The predicted molar refractivity (Wildman–Crippen MR) is 110 cm³/mol. The van der Waals surface area contributed by atoms with Crippen LogP contribution in [0.2, 0.25) is 0 Å². The van der Waals surface area contributed by atoms with Gasteiger partial charge in [-0.05, 0) is 31.2 Å². The van der Waals surface area contributed by atoms with E-state index in [0.717, 1.165) is 16.2 Å². The Labute approximate surface area is 170 Å². The van der Waals surface area contributed by atoms with Crippen LogP contribution in [0.5, 0.6) is 17.2 Å². The molecule has 7 nitrogen and oxygen atoms in total. The number of carbonyl (C=O) groups is 1. The van der Waals surface area contributed by atoms with E-state index in [2.05, 4.69) is 10.3 Å². The van der Waals surface area contributed by atoms with Crippen LogP contribution in [0.15, 0.2) is 60.2 Å². The fourth-order valence-corrected chi connectivity index (χ4v) is 3.77. The van der Waals surface area contributed by atoms with Crippen LogP contribution < -0.4 is 19.5 Å². The lowest BCUT2D eigenvalue weighted by atomic mass is 10.1. The summed E-state index contributed by atoms with van der Waals surface area (Å²) in [7, 11) is 0. The molecule has 1 aliphatic rings. The van der Waals surface area contributed by atoms with Gasteiger partial charge < -0.3 is 19.5 Å². The predicted octanol–water partition coefficient (Wildman–Crippen LogP) is 4.20. The molecule has 0 saturated carbocycles. The first-order valence-corrected chi connectivity index (χ1v) is 9.93. The number of benzene rings is 2. The van der Waals surface area contributed by atoms with Crippen molar-refractivity contribution in [3.63, 3.8) is 0 Å². The SMILES string of the molecule is CC(Oc1ccc2c(c1)OCO2)C(=O)Nc1cccc(-c2cn3ccsc3n2)c1. The molecule has 4 aromatic rings. The third kappa shape index (κ3) is 3.50. The van der Waals surface area contributed by atoms with Crippen LogP contribution in [0.4, 0.5) is 5.69 Å². The average Bonchev–Trinajstić information content (AvgIpc) is 3.43. The second-order valence-electron chi connectivity index (χ2n) is 6.56. The highest BCUT2D eigenvalue weighted by molar-refractivity contribution is 7.15. The van der Waals surface area contributed by atoms with Crippen LogP contribution in [0.25, 0.3) is 16.2 Å². The van der Waals surface area contributed by atoms with E-state index in [9.17, 15) is 4.79 Å². The zero-order chi connectivity index (χ0) is 19.8. The van der Waals surface area contributed by atoms with Crippen LogP contribution >= 0.6 is 11.3 Å². The summed E-state index contributed by atoms with van der Waals surface area (Å²) in [4.78, 5) is 18.1.